The van der Waals surface area contributed by atoms with Crippen LogP contribution in [0.15, 0.2) is 72.9 Å². The minimum Gasteiger partial charge on any atom is -0.457 e. The van der Waals surface area contributed by atoms with Crippen molar-refractivity contribution in [2.45, 2.75) is 161 Å². The molecule has 0 aliphatic carbocycles. The van der Waals surface area contributed by atoms with Gasteiger partial charge in [0.15, 0.2) is 0 Å². The lowest BCUT2D eigenvalue weighted by atomic mass is 10.1. The number of esters is 1. The van der Waals surface area contributed by atoms with Gasteiger partial charge in [0.05, 0.1) is 26.4 Å². The van der Waals surface area contributed by atoms with Gasteiger partial charge in [0, 0.05) is 13.0 Å². The molecule has 3 unspecified atom stereocenters. The molecular weight excluding hydrogens is 691 g/mol. The van der Waals surface area contributed by atoms with Crippen LogP contribution >= 0.6 is 7.82 Å². The molecule has 0 aromatic carbocycles. The molecule has 0 spiro atoms. The number of unbranched alkanes of at least 4 members (excludes halogenated alkanes) is 12. The molecule has 0 saturated carbocycles. The molecule has 0 saturated heterocycles. The van der Waals surface area contributed by atoms with E-state index in [2.05, 4.69) is 86.8 Å². The fourth-order valence-electron chi connectivity index (χ4n) is 5.02. The number of phosphoric acid groups is 1. The minimum atomic E-state index is -4.53. The van der Waals surface area contributed by atoms with Crippen molar-refractivity contribution in [3.8, 4) is 0 Å². The van der Waals surface area contributed by atoms with E-state index in [0.717, 1.165) is 103 Å². The van der Waals surface area contributed by atoms with E-state index < -0.39 is 45.8 Å². The van der Waals surface area contributed by atoms with E-state index in [1.165, 1.54) is 19.3 Å². The van der Waals surface area contributed by atoms with Crippen LogP contribution in [0.1, 0.15) is 149 Å². The van der Waals surface area contributed by atoms with E-state index in [1.807, 2.05) is 0 Å². The molecule has 0 bridgehead atoms. The highest BCUT2D eigenvalue weighted by Crippen LogP contribution is 2.43. The fraction of sp³-hybridized carbons (Fsp3) is 0.698. The van der Waals surface area contributed by atoms with Crippen LogP contribution in [-0.4, -0.2) is 66.3 Å². The summed E-state index contributed by atoms with van der Waals surface area (Å²) in [5.41, 5.74) is 0. The van der Waals surface area contributed by atoms with Crippen LogP contribution in [0.3, 0.4) is 0 Å². The predicted molar refractivity (Wildman–Crippen MR) is 219 cm³/mol. The predicted octanol–water partition coefficient (Wildman–Crippen LogP) is 11.0. The number of carbonyl (C=O) groups is 1. The molecule has 3 atom stereocenters. The number of rotatable bonds is 38. The van der Waals surface area contributed by atoms with E-state index in [-0.39, 0.29) is 13.0 Å². The van der Waals surface area contributed by atoms with Crippen molar-refractivity contribution in [3.05, 3.63) is 72.9 Å². The zero-order valence-electron chi connectivity index (χ0n) is 33.2. The number of hydrogen-bond donors (Lipinski definition) is 3. The van der Waals surface area contributed by atoms with Gasteiger partial charge in [-0.15, -0.1) is 0 Å². The third-order valence-corrected chi connectivity index (χ3v) is 9.08. The molecule has 0 rings (SSSR count). The van der Waals surface area contributed by atoms with Gasteiger partial charge in [-0.05, 0) is 83.5 Å². The monoisotopic (exact) mass is 767 g/mol. The van der Waals surface area contributed by atoms with Gasteiger partial charge in [-0.3, -0.25) is 13.8 Å². The lowest BCUT2D eigenvalue weighted by Crippen LogP contribution is -2.29. The van der Waals surface area contributed by atoms with Gasteiger partial charge >= 0.3 is 13.8 Å². The average molecular weight is 767 g/mol. The lowest BCUT2D eigenvalue weighted by Gasteiger charge is -2.20. The second-order valence-corrected chi connectivity index (χ2v) is 14.7. The molecule has 0 aromatic rings. The number of phosphoric ester groups is 1. The molecule has 0 aromatic heterocycles. The molecule has 0 aliphatic rings. The van der Waals surface area contributed by atoms with Gasteiger partial charge in [-0.2, -0.15) is 0 Å². The summed E-state index contributed by atoms with van der Waals surface area (Å²) in [6.45, 7) is 3.28. The molecule has 9 nitrogen and oxygen atoms in total. The molecule has 10 heteroatoms. The highest BCUT2D eigenvalue weighted by molar-refractivity contribution is 7.47. The van der Waals surface area contributed by atoms with Crippen molar-refractivity contribution in [2.24, 2.45) is 0 Å². The Hall–Kier alpha value is -2.10. The second kappa shape index (κ2) is 39.6. The Bertz CT molecular complexity index is 1050. The van der Waals surface area contributed by atoms with E-state index in [0.29, 0.717) is 13.0 Å². The van der Waals surface area contributed by atoms with Crippen LogP contribution in [0.4, 0.5) is 0 Å². The quantitative estimate of drug-likeness (QED) is 0.0243. The number of carbonyl (C=O) groups excluding carboxylic acids is 1. The minimum absolute atomic E-state index is 0.0248. The summed E-state index contributed by atoms with van der Waals surface area (Å²) >= 11 is 0. The Morgan fingerprint density at radius 2 is 1.08 bits per heavy atom. The fourth-order valence-corrected chi connectivity index (χ4v) is 5.81. The summed E-state index contributed by atoms with van der Waals surface area (Å²) in [6, 6.07) is 0. The van der Waals surface area contributed by atoms with Crippen LogP contribution in [0.5, 0.6) is 0 Å². The van der Waals surface area contributed by atoms with E-state index >= 15 is 0 Å². The Balaban J connectivity index is 4.26. The molecule has 0 heterocycles. The lowest BCUT2D eigenvalue weighted by molar-refractivity contribution is -0.154. The Kier molecular flexibility index (Phi) is 38.0. The number of allylic oxidation sites excluding steroid dienone is 12. The van der Waals surface area contributed by atoms with Crippen LogP contribution in [0.25, 0.3) is 0 Å². The Morgan fingerprint density at radius 3 is 1.64 bits per heavy atom. The smallest absolute Gasteiger partial charge is 0.457 e. The van der Waals surface area contributed by atoms with Crippen molar-refractivity contribution >= 4 is 13.8 Å². The molecule has 3 N–H and O–H groups in total. The maximum atomic E-state index is 12.6. The molecule has 53 heavy (non-hydrogen) atoms. The molecular formula is C43H75O9P. The molecule has 0 radical (unpaired) electrons. The number of aliphatic hydroxyl groups excluding tert-OH is 2. The van der Waals surface area contributed by atoms with Crippen LogP contribution in [-0.2, 0) is 27.9 Å². The van der Waals surface area contributed by atoms with Gasteiger partial charge in [0.2, 0.25) is 0 Å². The standard InChI is InChI=1S/C43H75O9P/c1-3-5-7-9-11-13-15-17-18-19-20-21-22-23-24-26-28-30-32-34-36-49-39-42(40-51-53(47,48)50-38-41(45)37-44)52-43(46)35-33-31-29-27-25-16-14-12-10-8-6-4-2/h5,7,11-14,17-18,20-21,23-24,41-42,44-45H,3-4,6,8-10,15-16,19,22,25-40H2,1-2H3,(H,47,48)/b7-5-,13-11-,14-12-,18-17-,21-20-,24-23-. The van der Waals surface area contributed by atoms with Crippen molar-refractivity contribution < 1.29 is 43.0 Å². The highest BCUT2D eigenvalue weighted by atomic mass is 31.2. The Labute approximate surface area is 322 Å². The molecule has 0 aliphatic heterocycles. The topological polar surface area (TPSA) is 132 Å². The first-order valence-electron chi connectivity index (χ1n) is 20.4. The van der Waals surface area contributed by atoms with Gasteiger partial charge in [0.1, 0.15) is 12.2 Å². The van der Waals surface area contributed by atoms with E-state index in [1.54, 1.807) is 0 Å². The molecule has 306 valence electrons. The zero-order valence-corrected chi connectivity index (χ0v) is 34.1. The van der Waals surface area contributed by atoms with Gasteiger partial charge in [-0.25, -0.2) is 4.57 Å². The normalized spacial score (nSPS) is 14.9. The first kappa shape index (κ1) is 50.9. The van der Waals surface area contributed by atoms with E-state index in [4.69, 9.17) is 23.6 Å². The summed E-state index contributed by atoms with van der Waals surface area (Å²) in [4.78, 5) is 22.5. The van der Waals surface area contributed by atoms with Crippen molar-refractivity contribution in [1.29, 1.82) is 0 Å². The summed E-state index contributed by atoms with van der Waals surface area (Å²) in [5, 5.41) is 18.3. The SMILES string of the molecule is CC/C=C\C/C=C\C/C=C\C/C=C\C/C=C\CCCCCCOCC(COP(=O)(O)OCC(O)CO)OC(=O)CCCCCCC/C=C\CCCCC. The molecule has 0 fully saturated rings. The summed E-state index contributed by atoms with van der Waals surface area (Å²) in [5.74, 6) is -0.406. The summed E-state index contributed by atoms with van der Waals surface area (Å²) < 4.78 is 33.2. The molecule has 0 amide bonds. The third kappa shape index (κ3) is 39.4. The number of aliphatic hydroxyl groups is 2. The second-order valence-electron chi connectivity index (χ2n) is 13.3. The van der Waals surface area contributed by atoms with Crippen LogP contribution in [0, 0.1) is 0 Å². The summed E-state index contributed by atoms with van der Waals surface area (Å²) in [6.07, 6.45) is 45.7. The summed E-state index contributed by atoms with van der Waals surface area (Å²) in [7, 11) is -4.53. The van der Waals surface area contributed by atoms with Crippen molar-refractivity contribution in [1.82, 2.24) is 0 Å². The van der Waals surface area contributed by atoms with Crippen LogP contribution in [0.2, 0.25) is 0 Å². The van der Waals surface area contributed by atoms with Crippen molar-refractivity contribution in [2.75, 3.05) is 33.0 Å². The van der Waals surface area contributed by atoms with Crippen LogP contribution < -0.4 is 0 Å². The maximum Gasteiger partial charge on any atom is 0.472 e. The maximum absolute atomic E-state index is 12.6. The largest absolute Gasteiger partial charge is 0.472 e. The Morgan fingerprint density at radius 1 is 0.604 bits per heavy atom. The van der Waals surface area contributed by atoms with Gasteiger partial charge < -0.3 is 24.6 Å². The van der Waals surface area contributed by atoms with E-state index in [9.17, 15) is 19.4 Å². The zero-order chi connectivity index (χ0) is 38.9. The third-order valence-electron chi connectivity index (χ3n) is 8.13. The number of ether oxygens (including phenoxy) is 2. The first-order valence-corrected chi connectivity index (χ1v) is 21.9. The first-order chi connectivity index (χ1) is 25.8. The van der Waals surface area contributed by atoms with Crippen molar-refractivity contribution in [3.63, 3.8) is 0 Å². The number of hydrogen-bond acceptors (Lipinski definition) is 8. The van der Waals surface area contributed by atoms with Gasteiger partial charge in [-0.1, -0.05) is 132 Å². The average Bonchev–Trinajstić information content (AvgIpc) is 3.15. The highest BCUT2D eigenvalue weighted by Gasteiger charge is 2.26. The van der Waals surface area contributed by atoms with Gasteiger partial charge in [0.25, 0.3) is 0 Å².